The van der Waals surface area contributed by atoms with Gasteiger partial charge >= 0.3 is 0 Å². The molecule has 2 atom stereocenters. The van der Waals surface area contributed by atoms with Crippen LogP contribution >= 0.6 is 0 Å². The summed E-state index contributed by atoms with van der Waals surface area (Å²) in [5.74, 6) is 0.658. The molecule has 140 valence electrons. The third-order valence-electron chi connectivity index (χ3n) is 5.69. The van der Waals surface area contributed by atoms with Crippen molar-refractivity contribution < 1.29 is 13.9 Å². The Morgan fingerprint density at radius 2 is 1.88 bits per heavy atom. The molecule has 0 saturated heterocycles. The lowest BCUT2D eigenvalue weighted by atomic mass is 9.83. The summed E-state index contributed by atoms with van der Waals surface area (Å²) in [5.41, 5.74) is 0. The Morgan fingerprint density at radius 1 is 1.12 bits per heavy atom. The Morgan fingerprint density at radius 3 is 2.54 bits per heavy atom. The zero-order valence-corrected chi connectivity index (χ0v) is 17.3. The lowest BCUT2D eigenvalue weighted by Crippen LogP contribution is -2.51. The number of methoxy groups -OCH3 is 1. The second-order valence-corrected chi connectivity index (χ2v) is 11.9. The van der Waals surface area contributed by atoms with Gasteiger partial charge in [0, 0.05) is 7.11 Å². The fraction of sp³-hybridized carbons (Fsp3) is 0.900. The highest BCUT2D eigenvalue weighted by atomic mass is 28.4. The first-order valence-electron chi connectivity index (χ1n) is 10.1. The molecule has 1 fully saturated rings. The van der Waals surface area contributed by atoms with Crippen molar-refractivity contribution in [2.75, 3.05) is 13.9 Å². The summed E-state index contributed by atoms with van der Waals surface area (Å²) in [6.07, 6.45) is 15.8. The van der Waals surface area contributed by atoms with E-state index in [9.17, 15) is 0 Å². The van der Waals surface area contributed by atoms with Crippen LogP contribution in [-0.4, -0.2) is 34.4 Å². The highest BCUT2D eigenvalue weighted by Crippen LogP contribution is 2.38. The van der Waals surface area contributed by atoms with Gasteiger partial charge in [0.15, 0.2) is 0 Å². The van der Waals surface area contributed by atoms with Crippen molar-refractivity contribution in [3.63, 3.8) is 0 Å². The van der Waals surface area contributed by atoms with Crippen LogP contribution in [0.4, 0.5) is 0 Å². The van der Waals surface area contributed by atoms with Crippen LogP contribution in [0.5, 0.6) is 0 Å². The zero-order chi connectivity index (χ0) is 17.4. The minimum atomic E-state index is -1.77. The van der Waals surface area contributed by atoms with E-state index in [1.54, 1.807) is 12.3 Å². The zero-order valence-electron chi connectivity index (χ0n) is 16.3. The van der Waals surface area contributed by atoms with E-state index in [4.69, 9.17) is 13.9 Å². The lowest BCUT2D eigenvalue weighted by molar-refractivity contribution is -0.106. The molecule has 0 aromatic carbocycles. The molecule has 1 heterocycles. The SMILES string of the molecule is CCCCCCC1=C[C@H](OCOC)[C@H](C2CCCCC2)O[Si]1(C)C. The Hall–Kier alpha value is -0.163. The third-order valence-corrected chi connectivity index (χ3v) is 8.51. The maximum absolute atomic E-state index is 6.78. The van der Waals surface area contributed by atoms with Crippen molar-refractivity contribution in [2.24, 2.45) is 5.92 Å². The van der Waals surface area contributed by atoms with Crippen LogP contribution in [0.3, 0.4) is 0 Å². The van der Waals surface area contributed by atoms with Gasteiger partial charge in [0.2, 0.25) is 8.32 Å². The van der Waals surface area contributed by atoms with E-state index in [1.165, 1.54) is 64.2 Å². The van der Waals surface area contributed by atoms with E-state index in [0.29, 0.717) is 12.7 Å². The Labute approximate surface area is 150 Å². The molecule has 0 spiro atoms. The van der Waals surface area contributed by atoms with Crippen LogP contribution in [0.2, 0.25) is 13.1 Å². The van der Waals surface area contributed by atoms with Gasteiger partial charge in [0.05, 0.1) is 6.10 Å². The first-order chi connectivity index (χ1) is 11.6. The highest BCUT2D eigenvalue weighted by molar-refractivity contribution is 6.78. The van der Waals surface area contributed by atoms with Crippen LogP contribution in [0.1, 0.15) is 71.1 Å². The Bertz CT molecular complexity index is 388. The summed E-state index contributed by atoms with van der Waals surface area (Å²) in [7, 11) is -0.0661. The van der Waals surface area contributed by atoms with E-state index < -0.39 is 8.32 Å². The van der Waals surface area contributed by atoms with Gasteiger partial charge in [-0.25, -0.2) is 0 Å². The fourth-order valence-electron chi connectivity index (χ4n) is 4.22. The number of allylic oxidation sites excluding steroid dienone is 1. The van der Waals surface area contributed by atoms with E-state index >= 15 is 0 Å². The number of hydrogen-bond acceptors (Lipinski definition) is 3. The molecule has 0 aromatic heterocycles. The van der Waals surface area contributed by atoms with E-state index in [1.807, 2.05) is 0 Å². The van der Waals surface area contributed by atoms with E-state index in [-0.39, 0.29) is 12.2 Å². The fourth-order valence-corrected chi connectivity index (χ4v) is 6.72. The lowest BCUT2D eigenvalue weighted by Gasteiger charge is -2.44. The number of unbranched alkanes of at least 4 members (excludes halogenated alkanes) is 3. The topological polar surface area (TPSA) is 27.7 Å². The molecule has 1 aliphatic carbocycles. The predicted molar refractivity (Wildman–Crippen MR) is 103 cm³/mol. The molecule has 1 saturated carbocycles. The second kappa shape index (κ2) is 10.1. The monoisotopic (exact) mass is 354 g/mol. The van der Waals surface area contributed by atoms with E-state index in [0.717, 1.165) is 0 Å². The Kier molecular flexibility index (Phi) is 8.48. The molecule has 0 N–H and O–H groups in total. The molecule has 2 rings (SSSR count). The van der Waals surface area contributed by atoms with Crippen molar-refractivity contribution in [1.29, 1.82) is 0 Å². The van der Waals surface area contributed by atoms with Crippen LogP contribution in [0, 0.1) is 5.92 Å². The van der Waals surface area contributed by atoms with Gasteiger partial charge in [0.1, 0.15) is 12.9 Å². The van der Waals surface area contributed by atoms with Crippen LogP contribution < -0.4 is 0 Å². The molecule has 4 heteroatoms. The van der Waals surface area contributed by atoms with Gasteiger partial charge < -0.3 is 13.9 Å². The maximum atomic E-state index is 6.78. The average Bonchev–Trinajstić information content (AvgIpc) is 2.59. The number of hydrogen-bond donors (Lipinski definition) is 0. The summed E-state index contributed by atoms with van der Waals surface area (Å²) in [6.45, 7) is 7.38. The van der Waals surface area contributed by atoms with Crippen molar-refractivity contribution >= 4 is 8.32 Å². The maximum Gasteiger partial charge on any atom is 0.214 e. The largest absolute Gasteiger partial charge is 0.407 e. The minimum Gasteiger partial charge on any atom is -0.407 e. The molecule has 0 aromatic rings. The predicted octanol–water partition coefficient (Wildman–Crippen LogP) is 5.60. The Balaban J connectivity index is 2.07. The van der Waals surface area contributed by atoms with Crippen LogP contribution in [-0.2, 0) is 13.9 Å². The summed E-state index contributed by atoms with van der Waals surface area (Å²) >= 11 is 0. The molecule has 0 bridgehead atoms. The van der Waals surface area contributed by atoms with E-state index in [2.05, 4.69) is 26.1 Å². The van der Waals surface area contributed by atoms with Gasteiger partial charge in [-0.15, -0.1) is 0 Å². The molecule has 3 nitrogen and oxygen atoms in total. The van der Waals surface area contributed by atoms with Gasteiger partial charge in [-0.3, -0.25) is 0 Å². The third kappa shape index (κ3) is 5.69. The summed E-state index contributed by atoms with van der Waals surface area (Å²) in [5, 5.41) is 1.55. The van der Waals surface area contributed by atoms with Crippen molar-refractivity contribution in [2.45, 2.75) is 96.4 Å². The average molecular weight is 355 g/mol. The van der Waals surface area contributed by atoms with Crippen molar-refractivity contribution in [1.82, 2.24) is 0 Å². The molecule has 0 amide bonds. The van der Waals surface area contributed by atoms with Crippen molar-refractivity contribution in [3.8, 4) is 0 Å². The molecule has 24 heavy (non-hydrogen) atoms. The quantitative estimate of drug-likeness (QED) is 0.306. The molecule has 1 aliphatic heterocycles. The summed E-state index contributed by atoms with van der Waals surface area (Å²) < 4.78 is 18.0. The van der Waals surface area contributed by atoms with Crippen LogP contribution in [0.15, 0.2) is 11.3 Å². The normalized spacial score (nSPS) is 27.9. The van der Waals surface area contributed by atoms with Gasteiger partial charge in [-0.1, -0.05) is 56.7 Å². The summed E-state index contributed by atoms with van der Waals surface area (Å²) in [6, 6.07) is 0. The standard InChI is InChI=1S/C20H38O3Si/c1-5-6-7-11-14-18-15-19(22-16-21-2)20(23-24(18,3)4)17-12-9-8-10-13-17/h15,17,19-20H,5-14,16H2,1-4H3/t19-,20-/m0/s1. The molecule has 0 radical (unpaired) electrons. The number of ether oxygens (including phenoxy) is 2. The first-order valence-corrected chi connectivity index (χ1v) is 13.0. The summed E-state index contributed by atoms with van der Waals surface area (Å²) in [4.78, 5) is 0. The number of rotatable bonds is 9. The van der Waals surface area contributed by atoms with Gasteiger partial charge in [-0.05, 0) is 44.7 Å². The first kappa shape index (κ1) is 20.2. The minimum absolute atomic E-state index is 0.0785. The highest BCUT2D eigenvalue weighted by Gasteiger charge is 2.42. The van der Waals surface area contributed by atoms with Gasteiger partial charge in [0.25, 0.3) is 0 Å². The van der Waals surface area contributed by atoms with Crippen LogP contribution in [0.25, 0.3) is 0 Å². The molecule has 0 unspecified atom stereocenters. The molecule has 2 aliphatic rings. The second-order valence-electron chi connectivity index (χ2n) is 8.03. The molecular formula is C20H38O3Si. The smallest absolute Gasteiger partial charge is 0.214 e. The molecular weight excluding hydrogens is 316 g/mol. The van der Waals surface area contributed by atoms with Crippen molar-refractivity contribution in [3.05, 3.63) is 11.3 Å². The van der Waals surface area contributed by atoms with Gasteiger partial charge in [-0.2, -0.15) is 0 Å².